The van der Waals surface area contributed by atoms with Gasteiger partial charge in [0.05, 0.1) is 0 Å². The highest BCUT2D eigenvalue weighted by molar-refractivity contribution is 5.75. The first kappa shape index (κ1) is 17.3. The number of Topliss-reactive ketones (excluding diaryl/α,β-unsaturated/α-hetero) is 1. The number of hydrogen-bond donors (Lipinski definition) is 0. The molecule has 0 fully saturated rings. The summed E-state index contributed by atoms with van der Waals surface area (Å²) in [6, 6.07) is 0. The first-order valence-electron chi connectivity index (χ1n) is 6.14. The molecule has 1 heteroatoms. The zero-order valence-corrected chi connectivity index (χ0v) is 11.4. The minimum Gasteiger partial charge on any atom is -0.300 e. The van der Waals surface area contributed by atoms with Crippen molar-refractivity contribution in [3.63, 3.8) is 0 Å². The second-order valence-electron chi connectivity index (χ2n) is 3.30. The predicted octanol–water partition coefficient (Wildman–Crippen LogP) is 4.85. The fourth-order valence-corrected chi connectivity index (χ4v) is 1.16. The highest BCUT2D eigenvalue weighted by Gasteiger charge is 1.95. The molecule has 0 aromatic rings. The van der Waals surface area contributed by atoms with Crippen LogP contribution in [0.5, 0.6) is 0 Å². The van der Waals surface area contributed by atoms with E-state index in [2.05, 4.69) is 12.2 Å². The Morgan fingerprint density at radius 2 is 1.69 bits per heavy atom. The van der Waals surface area contributed by atoms with Crippen LogP contribution in [0.25, 0.3) is 0 Å². The quantitative estimate of drug-likeness (QED) is 0.587. The molecule has 0 heterocycles. The third kappa shape index (κ3) is 12.9. The fourth-order valence-electron chi connectivity index (χ4n) is 1.16. The molecule has 0 saturated carbocycles. The number of carbonyl (C=O) groups excluding carboxylic acids is 1. The fraction of sp³-hybridized carbons (Fsp3) is 0.533. The highest BCUT2D eigenvalue weighted by Crippen LogP contribution is 2.09. The van der Waals surface area contributed by atoms with Gasteiger partial charge in [0.25, 0.3) is 0 Å². The van der Waals surface area contributed by atoms with Crippen LogP contribution in [0.15, 0.2) is 36.0 Å². The summed E-state index contributed by atoms with van der Waals surface area (Å²) in [5.74, 6) is 0.276. The maximum atomic E-state index is 10.7. The molecule has 0 N–H and O–H groups in total. The Morgan fingerprint density at radius 1 is 1.06 bits per heavy atom. The minimum absolute atomic E-state index is 0.276. The van der Waals surface area contributed by atoms with Crippen LogP contribution in [0.3, 0.4) is 0 Å². The Hall–Kier alpha value is -1.11. The Kier molecular flexibility index (Phi) is 15.0. The summed E-state index contributed by atoms with van der Waals surface area (Å²) in [6.07, 6.45) is 12.9. The number of rotatable bonds is 6. The molecular formula is C15H26O. The molecule has 92 valence electrons. The molecule has 0 spiro atoms. The van der Waals surface area contributed by atoms with E-state index in [0.29, 0.717) is 6.42 Å². The number of ketones is 1. The lowest BCUT2D eigenvalue weighted by Gasteiger charge is -1.99. The molecule has 0 radical (unpaired) electrons. The summed E-state index contributed by atoms with van der Waals surface area (Å²) in [6.45, 7) is 9.67. The highest BCUT2D eigenvalue weighted by atomic mass is 16.1. The van der Waals surface area contributed by atoms with Crippen molar-refractivity contribution in [1.82, 2.24) is 0 Å². The van der Waals surface area contributed by atoms with Crippen molar-refractivity contribution in [3.8, 4) is 0 Å². The van der Waals surface area contributed by atoms with Crippen molar-refractivity contribution < 1.29 is 4.79 Å². The van der Waals surface area contributed by atoms with E-state index in [0.717, 1.165) is 12.8 Å². The van der Waals surface area contributed by atoms with Crippen molar-refractivity contribution in [2.45, 2.75) is 53.9 Å². The lowest BCUT2D eigenvalue weighted by atomic mass is 10.1. The zero-order chi connectivity index (χ0) is 12.8. The van der Waals surface area contributed by atoms with Gasteiger partial charge in [-0.15, -0.1) is 0 Å². The monoisotopic (exact) mass is 222 g/mol. The third-order valence-corrected chi connectivity index (χ3v) is 1.98. The summed E-state index contributed by atoms with van der Waals surface area (Å²) < 4.78 is 0. The summed E-state index contributed by atoms with van der Waals surface area (Å²) in [5, 5.41) is 0. The normalized spacial score (nSPS) is 11.7. The van der Waals surface area contributed by atoms with Crippen molar-refractivity contribution >= 4 is 5.78 Å². The van der Waals surface area contributed by atoms with Crippen LogP contribution in [-0.2, 0) is 4.79 Å². The van der Waals surface area contributed by atoms with Crippen LogP contribution in [0, 0.1) is 0 Å². The molecule has 0 atom stereocenters. The van der Waals surface area contributed by atoms with Gasteiger partial charge < -0.3 is 4.79 Å². The first-order chi connectivity index (χ1) is 7.70. The predicted molar refractivity (Wildman–Crippen MR) is 73.6 cm³/mol. The summed E-state index contributed by atoms with van der Waals surface area (Å²) >= 11 is 0. The van der Waals surface area contributed by atoms with Gasteiger partial charge in [-0.1, -0.05) is 49.8 Å². The molecular weight excluding hydrogens is 196 g/mol. The Morgan fingerprint density at radius 3 is 2.12 bits per heavy atom. The van der Waals surface area contributed by atoms with Gasteiger partial charge in [0.15, 0.2) is 0 Å². The Labute approximate surface area is 101 Å². The van der Waals surface area contributed by atoms with Crippen molar-refractivity contribution in [1.29, 1.82) is 0 Å². The topological polar surface area (TPSA) is 17.1 Å². The second kappa shape index (κ2) is 13.9. The lowest BCUT2D eigenvalue weighted by Crippen LogP contribution is -1.89. The maximum Gasteiger partial charge on any atom is 0.129 e. The first-order valence-corrected chi connectivity index (χ1v) is 6.14. The smallest absolute Gasteiger partial charge is 0.129 e. The van der Waals surface area contributed by atoms with Gasteiger partial charge in [-0.2, -0.15) is 0 Å². The van der Waals surface area contributed by atoms with E-state index in [1.165, 1.54) is 5.57 Å². The van der Waals surface area contributed by atoms with Crippen LogP contribution < -0.4 is 0 Å². The molecule has 0 unspecified atom stereocenters. The molecule has 0 aromatic heterocycles. The van der Waals surface area contributed by atoms with Crippen molar-refractivity contribution in [2.75, 3.05) is 0 Å². The van der Waals surface area contributed by atoms with E-state index in [4.69, 9.17) is 0 Å². The molecule has 0 amide bonds. The van der Waals surface area contributed by atoms with Gasteiger partial charge in [0.2, 0.25) is 0 Å². The SMILES string of the molecule is CC.C\C=C/C=C\C(=C/C)CCCC(C)=O. The third-order valence-electron chi connectivity index (χ3n) is 1.98. The van der Waals surface area contributed by atoms with Crippen LogP contribution in [0.1, 0.15) is 53.9 Å². The lowest BCUT2D eigenvalue weighted by molar-refractivity contribution is -0.117. The minimum atomic E-state index is 0.276. The maximum absolute atomic E-state index is 10.7. The van der Waals surface area contributed by atoms with Gasteiger partial charge in [0, 0.05) is 6.42 Å². The van der Waals surface area contributed by atoms with E-state index in [1.54, 1.807) is 6.92 Å². The molecule has 0 bridgehead atoms. The van der Waals surface area contributed by atoms with Crippen LogP contribution in [-0.4, -0.2) is 5.78 Å². The molecule has 0 aromatic carbocycles. The molecule has 1 nitrogen and oxygen atoms in total. The Bertz CT molecular complexity index is 244. The Balaban J connectivity index is 0. The van der Waals surface area contributed by atoms with Gasteiger partial charge in [-0.3, -0.25) is 0 Å². The second-order valence-corrected chi connectivity index (χ2v) is 3.30. The van der Waals surface area contributed by atoms with Gasteiger partial charge in [-0.05, 0) is 33.6 Å². The van der Waals surface area contributed by atoms with Crippen molar-refractivity contribution in [2.24, 2.45) is 0 Å². The van der Waals surface area contributed by atoms with E-state index in [1.807, 2.05) is 45.9 Å². The number of allylic oxidation sites excluding steroid dienone is 6. The van der Waals surface area contributed by atoms with Gasteiger partial charge in [-0.25, -0.2) is 0 Å². The van der Waals surface area contributed by atoms with Gasteiger partial charge in [0.1, 0.15) is 5.78 Å². The summed E-state index contributed by atoms with van der Waals surface area (Å²) in [7, 11) is 0. The summed E-state index contributed by atoms with van der Waals surface area (Å²) in [4.78, 5) is 10.7. The molecule has 0 rings (SSSR count). The molecule has 0 aliphatic carbocycles. The van der Waals surface area contributed by atoms with Crippen LogP contribution in [0.4, 0.5) is 0 Å². The van der Waals surface area contributed by atoms with E-state index in [-0.39, 0.29) is 5.78 Å². The molecule has 16 heavy (non-hydrogen) atoms. The standard InChI is InChI=1S/C13H20O.C2H6/c1-4-6-7-10-13(5-2)11-8-9-12(3)14;1-2/h4-7,10H,8-9,11H2,1-3H3;1-2H3/b6-4-,10-7-,13-5+;. The van der Waals surface area contributed by atoms with Gasteiger partial charge >= 0.3 is 0 Å². The summed E-state index contributed by atoms with van der Waals surface area (Å²) in [5.41, 5.74) is 1.30. The number of hydrogen-bond acceptors (Lipinski definition) is 1. The molecule has 0 aliphatic heterocycles. The van der Waals surface area contributed by atoms with E-state index in [9.17, 15) is 4.79 Å². The largest absolute Gasteiger partial charge is 0.300 e. The zero-order valence-electron chi connectivity index (χ0n) is 11.4. The van der Waals surface area contributed by atoms with E-state index >= 15 is 0 Å². The van der Waals surface area contributed by atoms with Crippen molar-refractivity contribution in [3.05, 3.63) is 36.0 Å². The van der Waals surface area contributed by atoms with E-state index < -0.39 is 0 Å². The average molecular weight is 222 g/mol. The van der Waals surface area contributed by atoms with Crippen LogP contribution in [0.2, 0.25) is 0 Å². The molecule has 0 aliphatic rings. The average Bonchev–Trinajstić information content (AvgIpc) is 2.29. The molecule has 0 saturated heterocycles. The number of carbonyl (C=O) groups is 1. The van der Waals surface area contributed by atoms with Crippen LogP contribution >= 0.6 is 0 Å².